The van der Waals surface area contributed by atoms with Crippen molar-refractivity contribution in [3.8, 4) is 0 Å². The van der Waals surface area contributed by atoms with E-state index in [1.54, 1.807) is 23.9 Å². The zero-order valence-electron chi connectivity index (χ0n) is 9.27. The van der Waals surface area contributed by atoms with E-state index in [0.717, 1.165) is 4.90 Å². The number of methoxy groups -OCH3 is 1. The summed E-state index contributed by atoms with van der Waals surface area (Å²) >= 11 is 1.61. The molecule has 0 saturated carbocycles. The van der Waals surface area contributed by atoms with E-state index in [1.807, 2.05) is 18.4 Å². The SMILES string of the molecule is C=C(C(=O)OC)[C@H](O)c1ccc(SC)cc1. The number of esters is 1. The number of benzene rings is 1. The Kier molecular flexibility index (Phi) is 4.58. The van der Waals surface area contributed by atoms with Gasteiger partial charge in [-0.15, -0.1) is 11.8 Å². The highest BCUT2D eigenvalue weighted by Crippen LogP contribution is 2.23. The third kappa shape index (κ3) is 2.87. The third-order valence-electron chi connectivity index (χ3n) is 2.21. The number of thioether (sulfide) groups is 1. The third-order valence-corrected chi connectivity index (χ3v) is 2.95. The molecule has 0 bridgehead atoms. The molecule has 3 nitrogen and oxygen atoms in total. The van der Waals surface area contributed by atoms with Gasteiger partial charge in [0.1, 0.15) is 6.10 Å². The highest BCUT2D eigenvalue weighted by Gasteiger charge is 2.18. The van der Waals surface area contributed by atoms with E-state index in [0.29, 0.717) is 5.56 Å². The number of carbonyl (C=O) groups excluding carboxylic acids is 1. The summed E-state index contributed by atoms with van der Waals surface area (Å²) in [5, 5.41) is 9.85. The largest absolute Gasteiger partial charge is 0.466 e. The lowest BCUT2D eigenvalue weighted by Crippen LogP contribution is -2.11. The molecule has 0 saturated heterocycles. The average molecular weight is 238 g/mol. The first kappa shape index (κ1) is 12.8. The van der Waals surface area contributed by atoms with E-state index in [2.05, 4.69) is 11.3 Å². The van der Waals surface area contributed by atoms with Gasteiger partial charge >= 0.3 is 5.97 Å². The van der Waals surface area contributed by atoms with Crippen molar-refractivity contribution in [2.24, 2.45) is 0 Å². The molecule has 1 aromatic rings. The number of hydrogen-bond donors (Lipinski definition) is 1. The smallest absolute Gasteiger partial charge is 0.336 e. The summed E-state index contributed by atoms with van der Waals surface area (Å²) in [7, 11) is 1.26. The Labute approximate surface area is 99.1 Å². The van der Waals surface area contributed by atoms with Crippen molar-refractivity contribution in [2.75, 3.05) is 13.4 Å². The van der Waals surface area contributed by atoms with Crippen LogP contribution in [0.2, 0.25) is 0 Å². The minimum atomic E-state index is -1.01. The van der Waals surface area contributed by atoms with Crippen molar-refractivity contribution in [1.29, 1.82) is 0 Å². The van der Waals surface area contributed by atoms with Gasteiger partial charge in [0.05, 0.1) is 12.7 Å². The standard InChI is InChI=1S/C12H14O3S/c1-8(12(14)15-2)11(13)9-4-6-10(16-3)7-5-9/h4-7,11,13H,1H2,2-3H3/t11-/m0/s1. The maximum absolute atomic E-state index is 11.2. The molecule has 0 radical (unpaired) electrons. The fourth-order valence-electron chi connectivity index (χ4n) is 1.23. The summed E-state index contributed by atoms with van der Waals surface area (Å²) in [4.78, 5) is 12.3. The number of aliphatic hydroxyl groups excluding tert-OH is 1. The van der Waals surface area contributed by atoms with Gasteiger partial charge in [-0.3, -0.25) is 0 Å². The van der Waals surface area contributed by atoms with E-state index in [4.69, 9.17) is 0 Å². The van der Waals surface area contributed by atoms with Crippen LogP contribution in [-0.4, -0.2) is 24.4 Å². The summed E-state index contributed by atoms with van der Waals surface area (Å²) in [6.45, 7) is 3.51. The Hall–Kier alpha value is -1.26. The molecule has 0 amide bonds. The molecule has 0 spiro atoms. The van der Waals surface area contributed by atoms with Gasteiger partial charge in [-0.05, 0) is 24.0 Å². The first-order valence-corrected chi connectivity index (χ1v) is 5.91. The summed E-state index contributed by atoms with van der Waals surface area (Å²) in [5.74, 6) is -0.596. The number of carbonyl (C=O) groups is 1. The highest BCUT2D eigenvalue weighted by molar-refractivity contribution is 7.98. The Balaban J connectivity index is 2.83. The molecule has 86 valence electrons. The minimum absolute atomic E-state index is 0.0411. The number of aliphatic hydroxyl groups is 1. The number of hydrogen-bond acceptors (Lipinski definition) is 4. The van der Waals surface area contributed by atoms with Crippen LogP contribution in [0.5, 0.6) is 0 Å². The second-order valence-corrected chi connectivity index (χ2v) is 4.07. The minimum Gasteiger partial charge on any atom is -0.466 e. The quantitative estimate of drug-likeness (QED) is 0.496. The van der Waals surface area contributed by atoms with Gasteiger partial charge in [0.15, 0.2) is 0 Å². The normalized spacial score (nSPS) is 11.9. The van der Waals surface area contributed by atoms with Gasteiger partial charge in [-0.1, -0.05) is 18.7 Å². The summed E-state index contributed by atoms with van der Waals surface area (Å²) < 4.78 is 4.50. The molecule has 16 heavy (non-hydrogen) atoms. The molecular weight excluding hydrogens is 224 g/mol. The molecule has 1 atom stereocenters. The Morgan fingerprint density at radius 3 is 2.44 bits per heavy atom. The van der Waals surface area contributed by atoms with E-state index in [-0.39, 0.29) is 5.57 Å². The molecule has 4 heteroatoms. The second-order valence-electron chi connectivity index (χ2n) is 3.19. The molecule has 0 fully saturated rings. The van der Waals surface area contributed by atoms with Crippen molar-refractivity contribution in [2.45, 2.75) is 11.0 Å². The Morgan fingerprint density at radius 1 is 1.44 bits per heavy atom. The monoisotopic (exact) mass is 238 g/mol. The second kappa shape index (κ2) is 5.72. The van der Waals surface area contributed by atoms with Crippen LogP contribution in [0.3, 0.4) is 0 Å². The van der Waals surface area contributed by atoms with Crippen LogP contribution in [-0.2, 0) is 9.53 Å². The number of rotatable bonds is 4. The van der Waals surface area contributed by atoms with E-state index >= 15 is 0 Å². The molecule has 0 aliphatic carbocycles. The zero-order chi connectivity index (χ0) is 12.1. The molecule has 0 heterocycles. The highest BCUT2D eigenvalue weighted by atomic mass is 32.2. The van der Waals surface area contributed by atoms with Gasteiger partial charge in [0, 0.05) is 4.90 Å². The summed E-state index contributed by atoms with van der Waals surface area (Å²) in [6.07, 6.45) is 0.960. The fraction of sp³-hybridized carbons (Fsp3) is 0.250. The van der Waals surface area contributed by atoms with Gasteiger partial charge in [0.2, 0.25) is 0 Å². The molecule has 0 aliphatic rings. The first-order valence-electron chi connectivity index (χ1n) is 4.69. The van der Waals surface area contributed by atoms with Crippen LogP contribution in [0.15, 0.2) is 41.3 Å². The van der Waals surface area contributed by atoms with Crippen LogP contribution >= 0.6 is 11.8 Å². The van der Waals surface area contributed by atoms with Crippen LogP contribution in [0.25, 0.3) is 0 Å². The van der Waals surface area contributed by atoms with Crippen molar-refractivity contribution in [3.63, 3.8) is 0 Å². The number of ether oxygens (including phenoxy) is 1. The topological polar surface area (TPSA) is 46.5 Å². The molecule has 1 rings (SSSR count). The van der Waals surface area contributed by atoms with E-state index in [1.165, 1.54) is 7.11 Å². The molecule has 1 N–H and O–H groups in total. The molecule has 0 aliphatic heterocycles. The van der Waals surface area contributed by atoms with Crippen LogP contribution in [0.4, 0.5) is 0 Å². The molecular formula is C12H14O3S. The van der Waals surface area contributed by atoms with E-state index < -0.39 is 12.1 Å². The first-order chi connectivity index (χ1) is 7.60. The predicted molar refractivity (Wildman–Crippen MR) is 64.3 cm³/mol. The fourth-order valence-corrected chi connectivity index (χ4v) is 1.64. The van der Waals surface area contributed by atoms with Gasteiger partial charge < -0.3 is 9.84 Å². The lowest BCUT2D eigenvalue weighted by Gasteiger charge is -2.12. The molecule has 0 unspecified atom stereocenters. The predicted octanol–water partition coefficient (Wildman–Crippen LogP) is 2.17. The summed E-state index contributed by atoms with van der Waals surface area (Å²) in [6, 6.07) is 7.30. The average Bonchev–Trinajstić information content (AvgIpc) is 2.36. The van der Waals surface area contributed by atoms with Crippen molar-refractivity contribution in [1.82, 2.24) is 0 Å². The lowest BCUT2D eigenvalue weighted by atomic mass is 10.0. The van der Waals surface area contributed by atoms with Crippen molar-refractivity contribution < 1.29 is 14.6 Å². The maximum Gasteiger partial charge on any atom is 0.336 e. The van der Waals surface area contributed by atoms with Gasteiger partial charge in [-0.2, -0.15) is 0 Å². The Bertz CT molecular complexity index is 384. The molecule has 1 aromatic carbocycles. The maximum atomic E-state index is 11.2. The lowest BCUT2D eigenvalue weighted by molar-refractivity contribution is -0.137. The van der Waals surface area contributed by atoms with Crippen LogP contribution < -0.4 is 0 Å². The summed E-state index contributed by atoms with van der Waals surface area (Å²) in [5.41, 5.74) is 0.674. The Morgan fingerprint density at radius 2 is 2.00 bits per heavy atom. The van der Waals surface area contributed by atoms with Crippen LogP contribution in [0.1, 0.15) is 11.7 Å². The molecule has 0 aromatic heterocycles. The van der Waals surface area contributed by atoms with Gasteiger partial charge in [0.25, 0.3) is 0 Å². The van der Waals surface area contributed by atoms with Crippen LogP contribution in [0, 0.1) is 0 Å². The van der Waals surface area contributed by atoms with Crippen molar-refractivity contribution >= 4 is 17.7 Å². The van der Waals surface area contributed by atoms with Crippen molar-refractivity contribution in [3.05, 3.63) is 42.0 Å². The zero-order valence-corrected chi connectivity index (χ0v) is 10.1. The van der Waals surface area contributed by atoms with Gasteiger partial charge in [-0.25, -0.2) is 4.79 Å². The van der Waals surface area contributed by atoms with E-state index in [9.17, 15) is 9.90 Å².